The summed E-state index contributed by atoms with van der Waals surface area (Å²) in [6.45, 7) is 0.934. The van der Waals surface area contributed by atoms with E-state index in [4.69, 9.17) is 16.3 Å². The van der Waals surface area contributed by atoms with Gasteiger partial charge in [-0.25, -0.2) is 0 Å². The number of nitro benzene ring substituents is 1. The Morgan fingerprint density at radius 1 is 1.43 bits per heavy atom. The molecule has 0 unspecified atom stereocenters. The summed E-state index contributed by atoms with van der Waals surface area (Å²) in [6, 6.07) is 3.48. The van der Waals surface area contributed by atoms with Gasteiger partial charge in [0.25, 0.3) is 0 Å². The third kappa shape index (κ3) is 2.80. The normalized spacial score (nSPS) is 11.5. The van der Waals surface area contributed by atoms with E-state index in [1.54, 1.807) is 24.5 Å². The van der Waals surface area contributed by atoms with E-state index in [0.717, 1.165) is 5.39 Å². The minimum Gasteiger partial charge on any atom is -0.484 e. The third-order valence-electron chi connectivity index (χ3n) is 3.55. The molecule has 1 aromatic carbocycles. The van der Waals surface area contributed by atoms with E-state index in [1.165, 1.54) is 0 Å². The van der Waals surface area contributed by atoms with Gasteiger partial charge >= 0.3 is 5.69 Å². The maximum absolute atomic E-state index is 11.6. The number of nitrogens with zero attached hydrogens (tertiary/aromatic N) is 3. The molecule has 7 nitrogen and oxygen atoms in total. The second-order valence-corrected chi connectivity index (χ2v) is 5.82. The van der Waals surface area contributed by atoms with Gasteiger partial charge in [-0.3, -0.25) is 15.1 Å². The number of H-pyrrole nitrogens is 1. The lowest BCUT2D eigenvalue weighted by Crippen LogP contribution is -2.19. The first-order valence-electron chi connectivity index (χ1n) is 6.99. The molecule has 8 heteroatoms. The van der Waals surface area contributed by atoms with E-state index in [9.17, 15) is 10.1 Å². The van der Waals surface area contributed by atoms with Crippen LogP contribution in [0.3, 0.4) is 0 Å². The first-order valence-corrected chi connectivity index (χ1v) is 7.36. The molecule has 0 atom stereocenters. The standard InChI is InChI=1S/C15H15ClN4O3/c1-19(2)5-6-23-15-11(16)7-10-9-3-4-17-8-12(9)18-13(10)14(15)20(21)22/h3-4,7-8,18H,5-6H2,1-2H3. The Balaban J connectivity index is 2.19. The Morgan fingerprint density at radius 3 is 2.91 bits per heavy atom. The van der Waals surface area contributed by atoms with Crippen LogP contribution in [0.1, 0.15) is 0 Å². The molecule has 120 valence electrons. The molecule has 0 saturated carbocycles. The quantitative estimate of drug-likeness (QED) is 0.572. The Labute approximate surface area is 137 Å². The number of benzene rings is 1. The van der Waals surface area contributed by atoms with Crippen molar-refractivity contribution >= 4 is 39.1 Å². The number of nitro groups is 1. The number of fused-ring (bicyclic) bond motifs is 3. The molecule has 2 aromatic heterocycles. The van der Waals surface area contributed by atoms with Gasteiger partial charge in [0.1, 0.15) is 12.1 Å². The van der Waals surface area contributed by atoms with E-state index in [0.29, 0.717) is 29.6 Å². The van der Waals surface area contributed by atoms with Crippen LogP contribution in [0.2, 0.25) is 5.02 Å². The molecule has 0 fully saturated rings. The van der Waals surface area contributed by atoms with Crippen molar-refractivity contribution in [2.45, 2.75) is 0 Å². The monoisotopic (exact) mass is 334 g/mol. The van der Waals surface area contributed by atoms with Gasteiger partial charge in [-0.2, -0.15) is 0 Å². The van der Waals surface area contributed by atoms with E-state index in [2.05, 4.69) is 9.97 Å². The van der Waals surface area contributed by atoms with E-state index in [1.807, 2.05) is 19.0 Å². The van der Waals surface area contributed by atoms with Gasteiger partial charge in [0, 0.05) is 23.5 Å². The van der Waals surface area contributed by atoms with Crippen LogP contribution >= 0.6 is 11.6 Å². The molecule has 0 amide bonds. The topological polar surface area (TPSA) is 84.3 Å². The number of ether oxygens (including phenoxy) is 1. The molecular formula is C15H15ClN4O3. The first kappa shape index (κ1) is 15.5. The molecule has 0 bridgehead atoms. The average Bonchev–Trinajstić information content (AvgIpc) is 2.85. The molecule has 3 rings (SSSR count). The molecule has 0 saturated heterocycles. The van der Waals surface area contributed by atoms with Crippen molar-refractivity contribution in [1.82, 2.24) is 14.9 Å². The van der Waals surface area contributed by atoms with Crippen LogP contribution in [-0.2, 0) is 0 Å². The Hall–Kier alpha value is -2.38. The minimum atomic E-state index is -0.470. The number of likely N-dealkylation sites (N-methyl/N-ethyl adjacent to an activating group) is 1. The summed E-state index contributed by atoms with van der Waals surface area (Å²) in [5.74, 6) is 0.0885. The maximum atomic E-state index is 11.6. The number of pyridine rings is 1. The van der Waals surface area contributed by atoms with Gasteiger partial charge in [-0.1, -0.05) is 11.6 Å². The summed E-state index contributed by atoms with van der Waals surface area (Å²) in [6.07, 6.45) is 3.26. The molecule has 23 heavy (non-hydrogen) atoms. The SMILES string of the molecule is CN(C)CCOc1c(Cl)cc2c([nH]c3cnccc32)c1[N+](=O)[O-]. The lowest BCUT2D eigenvalue weighted by atomic mass is 10.1. The fourth-order valence-corrected chi connectivity index (χ4v) is 2.72. The minimum absolute atomic E-state index is 0.0885. The van der Waals surface area contributed by atoms with Crippen molar-refractivity contribution in [3.8, 4) is 5.75 Å². The van der Waals surface area contributed by atoms with Crippen LogP contribution in [0, 0.1) is 10.1 Å². The lowest BCUT2D eigenvalue weighted by molar-refractivity contribution is -0.384. The lowest BCUT2D eigenvalue weighted by Gasteiger charge is -2.12. The summed E-state index contributed by atoms with van der Waals surface area (Å²) >= 11 is 6.25. The Morgan fingerprint density at radius 2 is 2.22 bits per heavy atom. The van der Waals surface area contributed by atoms with Crippen LogP contribution < -0.4 is 4.74 Å². The van der Waals surface area contributed by atoms with Crippen molar-refractivity contribution in [1.29, 1.82) is 0 Å². The second kappa shape index (κ2) is 6.02. The van der Waals surface area contributed by atoms with Gasteiger partial charge < -0.3 is 14.6 Å². The molecule has 0 radical (unpaired) electrons. The van der Waals surface area contributed by atoms with E-state index >= 15 is 0 Å². The zero-order chi connectivity index (χ0) is 16.6. The van der Waals surface area contributed by atoms with Crippen LogP contribution in [-0.4, -0.2) is 47.0 Å². The zero-order valence-electron chi connectivity index (χ0n) is 12.7. The molecule has 2 heterocycles. The van der Waals surface area contributed by atoms with Gasteiger partial charge in [-0.15, -0.1) is 0 Å². The highest BCUT2D eigenvalue weighted by Crippen LogP contribution is 2.43. The van der Waals surface area contributed by atoms with Gasteiger partial charge in [0.05, 0.1) is 21.7 Å². The van der Waals surface area contributed by atoms with Crippen molar-refractivity contribution < 1.29 is 9.66 Å². The Bertz CT molecular complexity index is 891. The number of nitrogens with one attached hydrogen (secondary N) is 1. The summed E-state index contributed by atoms with van der Waals surface area (Å²) in [5, 5.41) is 13.3. The predicted octanol–water partition coefficient (Wildman–Crippen LogP) is 3.22. The van der Waals surface area contributed by atoms with Crippen molar-refractivity contribution in [3.63, 3.8) is 0 Å². The van der Waals surface area contributed by atoms with Crippen LogP contribution in [0.4, 0.5) is 5.69 Å². The van der Waals surface area contributed by atoms with Gasteiger partial charge in [0.2, 0.25) is 5.75 Å². The van der Waals surface area contributed by atoms with Crippen molar-refractivity contribution in [2.24, 2.45) is 0 Å². The highest BCUT2D eigenvalue weighted by atomic mass is 35.5. The number of rotatable bonds is 5. The fraction of sp³-hybridized carbons (Fsp3) is 0.267. The molecular weight excluding hydrogens is 320 g/mol. The molecule has 0 aliphatic carbocycles. The average molecular weight is 335 g/mol. The zero-order valence-corrected chi connectivity index (χ0v) is 13.4. The Kier molecular flexibility index (Phi) is 4.06. The molecule has 3 aromatic rings. The fourth-order valence-electron chi connectivity index (χ4n) is 2.46. The number of hydrogen-bond acceptors (Lipinski definition) is 5. The molecule has 1 N–H and O–H groups in total. The number of aromatic nitrogens is 2. The van der Waals surface area contributed by atoms with Crippen molar-refractivity contribution in [2.75, 3.05) is 27.2 Å². The number of halogens is 1. The van der Waals surface area contributed by atoms with Gasteiger partial charge in [-0.05, 0) is 26.2 Å². The van der Waals surface area contributed by atoms with Crippen molar-refractivity contribution in [3.05, 3.63) is 39.7 Å². The van der Waals surface area contributed by atoms with E-state index < -0.39 is 4.92 Å². The second-order valence-electron chi connectivity index (χ2n) is 5.41. The maximum Gasteiger partial charge on any atom is 0.336 e. The highest BCUT2D eigenvalue weighted by Gasteiger charge is 2.26. The molecule has 0 aliphatic rings. The smallest absolute Gasteiger partial charge is 0.336 e. The predicted molar refractivity (Wildman–Crippen MR) is 89.3 cm³/mol. The third-order valence-corrected chi connectivity index (χ3v) is 3.83. The summed E-state index contributed by atoms with van der Waals surface area (Å²) < 4.78 is 5.59. The van der Waals surface area contributed by atoms with Crippen LogP contribution in [0.25, 0.3) is 21.8 Å². The van der Waals surface area contributed by atoms with Crippen LogP contribution in [0.15, 0.2) is 24.5 Å². The number of aromatic amines is 1. The summed E-state index contributed by atoms with van der Waals surface area (Å²) in [4.78, 5) is 20.1. The highest BCUT2D eigenvalue weighted by molar-refractivity contribution is 6.34. The summed E-state index contributed by atoms with van der Waals surface area (Å²) in [5.41, 5.74) is 0.955. The largest absolute Gasteiger partial charge is 0.484 e. The first-order chi connectivity index (χ1) is 11.0. The van der Waals surface area contributed by atoms with E-state index in [-0.39, 0.29) is 16.5 Å². The molecule has 0 spiro atoms. The molecule has 0 aliphatic heterocycles. The van der Waals surface area contributed by atoms with Gasteiger partial charge in [0.15, 0.2) is 0 Å². The van der Waals surface area contributed by atoms with Crippen LogP contribution in [0.5, 0.6) is 5.75 Å². The number of hydrogen-bond donors (Lipinski definition) is 1. The summed E-state index contributed by atoms with van der Waals surface area (Å²) in [7, 11) is 3.79.